The summed E-state index contributed by atoms with van der Waals surface area (Å²) in [5.74, 6) is -3.80. The zero-order chi connectivity index (χ0) is 71.4. The molecule has 0 saturated heterocycles. The number of hydrogen-bond acceptors (Lipinski definition) is 10. The van der Waals surface area contributed by atoms with Gasteiger partial charge in [-0.2, -0.15) is 0 Å². The van der Waals surface area contributed by atoms with E-state index in [9.17, 15) is 38.4 Å². The lowest BCUT2D eigenvalue weighted by Gasteiger charge is -2.20. The summed E-state index contributed by atoms with van der Waals surface area (Å²) in [6.45, 7) is 0.630. The van der Waals surface area contributed by atoms with Gasteiger partial charge in [0, 0.05) is 69.4 Å². The van der Waals surface area contributed by atoms with E-state index in [1.807, 2.05) is 170 Å². The number of amides is 8. The number of hydrogen-bond donors (Lipinski definition) is 2. The van der Waals surface area contributed by atoms with Gasteiger partial charge in [0.1, 0.15) is 0 Å². The van der Waals surface area contributed by atoms with E-state index >= 15 is 0 Å². The minimum atomic E-state index is -0.311. The van der Waals surface area contributed by atoms with Crippen molar-refractivity contribution in [1.29, 1.82) is 0 Å². The molecule has 8 atom stereocenters. The third-order valence-electron chi connectivity index (χ3n) is 26.7. The Labute approximate surface area is 615 Å². The average Bonchev–Trinajstić information content (AvgIpc) is 1.53. The first kappa shape index (κ1) is 59.2. The van der Waals surface area contributed by atoms with Gasteiger partial charge in [0.05, 0.1) is 93.5 Å². The van der Waals surface area contributed by atoms with Crippen molar-refractivity contribution in [3.63, 3.8) is 0 Å². The van der Waals surface area contributed by atoms with Crippen molar-refractivity contribution >= 4 is 91.6 Å². The number of imide groups is 4. The van der Waals surface area contributed by atoms with E-state index in [1.54, 1.807) is 0 Å². The first-order valence-electron chi connectivity index (χ1n) is 37.5. The number of allylic oxidation sites excluding steroid dienone is 4. The molecule has 25 rings (SSSR count). The summed E-state index contributed by atoms with van der Waals surface area (Å²) < 4.78 is 0. The molecular weight excluding hydrogens is 1350 g/mol. The maximum Gasteiger partial charge on any atom is 0.261 e. The first-order chi connectivity index (χ1) is 52.8. The summed E-state index contributed by atoms with van der Waals surface area (Å²) in [5.41, 5.74) is 30.2. The zero-order valence-corrected chi connectivity index (χ0v) is 57.7. The predicted molar refractivity (Wildman–Crippen MR) is 400 cm³/mol. The summed E-state index contributed by atoms with van der Waals surface area (Å²) >= 11 is 0. The molecule has 108 heavy (non-hydrogen) atoms. The van der Waals surface area contributed by atoms with Crippen LogP contribution in [-0.2, 0) is 26.2 Å². The van der Waals surface area contributed by atoms with Crippen molar-refractivity contribution in [3.8, 4) is 0 Å². The number of nitrogens with zero attached hydrogens (tertiary/aromatic N) is 6. The van der Waals surface area contributed by atoms with Crippen LogP contribution >= 0.6 is 0 Å². The summed E-state index contributed by atoms with van der Waals surface area (Å²) in [4.78, 5) is 142. The van der Waals surface area contributed by atoms with Crippen LogP contribution < -0.4 is 0 Å². The van der Waals surface area contributed by atoms with E-state index in [-0.39, 0.29) is 121 Å². The molecule has 16 bridgehead atoms. The van der Waals surface area contributed by atoms with Gasteiger partial charge in [-0.1, -0.05) is 121 Å². The molecule has 2 N–H and O–H groups in total. The van der Waals surface area contributed by atoms with E-state index in [1.165, 1.54) is 19.6 Å². The zero-order valence-electron chi connectivity index (χ0n) is 57.7. The average molecular weight is 1400 g/mol. The van der Waals surface area contributed by atoms with E-state index in [0.29, 0.717) is 44.5 Å². The molecule has 16 nitrogen and oxygen atoms in total. The third kappa shape index (κ3) is 7.53. The normalized spacial score (nSPS) is 22.8. The van der Waals surface area contributed by atoms with Crippen LogP contribution in [0.1, 0.15) is 268 Å². The van der Waals surface area contributed by atoms with E-state index < -0.39 is 0 Å². The fourth-order valence-corrected chi connectivity index (χ4v) is 22.3. The van der Waals surface area contributed by atoms with Crippen molar-refractivity contribution in [1.82, 2.24) is 39.5 Å². The molecule has 8 aromatic carbocycles. The van der Waals surface area contributed by atoms with E-state index in [2.05, 4.69) is 34.2 Å². The van der Waals surface area contributed by atoms with Crippen molar-refractivity contribution in [2.75, 3.05) is 0 Å². The van der Waals surface area contributed by atoms with Crippen molar-refractivity contribution in [2.24, 2.45) is 0 Å². The summed E-state index contributed by atoms with van der Waals surface area (Å²) in [6.07, 6.45) is 2.89. The standard InChI is InChI=1S/C92H58N8O8/c101-85-61-21-45-46(22-62(61)86(102)97(85)37-41-13-5-1-6-14-41)54-29-53(45)77-69-33-71-79-55-30-57(49-25-65-63(23-47(49)55)87(103)98(89(65)105)38-42-15-7-2-8-16-42)81(79)73(94-71)35-75-83-59-32-60(52-28-68-67(27-51(52)59)91(107)100(92(68)108)40-44-19-11-4-12-20-44)84(83)76(96-75)36-74-82-58-31-56(80(82)72(95-74)34-70(93-69)78(54)77)48-24-64-66(26-50(48)58)90(106)99(88(64)104)39-43-17-9-3-10-18-43/h1-28,33-36,53-60,93,96H,29-32,37-40H2/t53-,54+,55+,56-,57-,58+,59+,60-. The number of aromatic nitrogens is 4. The molecule has 9 heterocycles. The molecule has 14 aliphatic rings. The van der Waals surface area contributed by atoms with E-state index in [0.717, 1.165) is 182 Å². The molecule has 0 radical (unpaired) electrons. The topological polar surface area (TPSA) is 207 Å². The highest BCUT2D eigenvalue weighted by atomic mass is 16.2. The smallest absolute Gasteiger partial charge is 0.261 e. The van der Waals surface area contributed by atoms with Gasteiger partial charge in [0.2, 0.25) is 0 Å². The second-order valence-corrected chi connectivity index (χ2v) is 31.8. The highest BCUT2D eigenvalue weighted by Gasteiger charge is 2.55. The Kier molecular flexibility index (Phi) is 11.2. The van der Waals surface area contributed by atoms with Gasteiger partial charge in [-0.05, 0) is 210 Å². The Morgan fingerprint density at radius 3 is 0.639 bits per heavy atom. The van der Waals surface area contributed by atoms with Crippen LogP contribution in [0.2, 0.25) is 0 Å². The van der Waals surface area contributed by atoms with Crippen molar-refractivity contribution < 1.29 is 38.4 Å². The quantitative estimate of drug-likeness (QED) is 0.138. The number of benzene rings is 8. The molecule has 8 aliphatic carbocycles. The van der Waals surface area contributed by atoms with Crippen LogP contribution in [0, 0.1) is 0 Å². The molecule has 16 heteroatoms. The van der Waals surface area contributed by atoms with Crippen LogP contribution in [0.4, 0.5) is 0 Å². The number of H-pyrrole nitrogens is 2. The highest BCUT2D eigenvalue weighted by molar-refractivity contribution is 6.25. The Hall–Kier alpha value is -13.1. The van der Waals surface area contributed by atoms with Gasteiger partial charge >= 0.3 is 0 Å². The summed E-state index contributed by atoms with van der Waals surface area (Å²) in [7, 11) is 0. The summed E-state index contributed by atoms with van der Waals surface area (Å²) in [5, 5.41) is 0. The van der Waals surface area contributed by atoms with Gasteiger partial charge in [-0.3, -0.25) is 58.0 Å². The minimum absolute atomic E-state index is 0.157. The molecule has 11 aromatic rings. The Morgan fingerprint density at radius 1 is 0.250 bits per heavy atom. The van der Waals surface area contributed by atoms with Crippen molar-refractivity contribution in [3.05, 3.63) is 350 Å². The molecule has 0 fully saturated rings. The van der Waals surface area contributed by atoms with E-state index in [4.69, 9.17) is 9.97 Å². The first-order valence-corrected chi connectivity index (χ1v) is 37.5. The molecule has 6 aliphatic heterocycles. The van der Waals surface area contributed by atoms with Gasteiger partial charge in [0.15, 0.2) is 0 Å². The van der Waals surface area contributed by atoms with Crippen molar-refractivity contribution in [2.45, 2.75) is 99.2 Å². The third-order valence-corrected chi connectivity index (χ3v) is 26.7. The molecule has 8 amide bonds. The van der Waals surface area contributed by atoms with Crippen LogP contribution in [0.3, 0.4) is 0 Å². The number of fused-ring (bicyclic) bond motifs is 50. The lowest BCUT2D eigenvalue weighted by Crippen LogP contribution is -2.29. The number of rotatable bonds is 8. The molecule has 514 valence electrons. The lowest BCUT2D eigenvalue weighted by atomic mass is 9.82. The van der Waals surface area contributed by atoms with Gasteiger partial charge < -0.3 is 9.97 Å². The fourth-order valence-electron chi connectivity index (χ4n) is 22.3. The Balaban J connectivity index is 0.702. The molecule has 0 saturated carbocycles. The molecule has 3 aromatic heterocycles. The number of nitrogens with one attached hydrogen (secondary N) is 2. The summed E-state index contributed by atoms with van der Waals surface area (Å²) in [6, 6.07) is 63.2. The molecule has 0 unspecified atom stereocenters. The molecular formula is C92H58N8O8. The highest BCUT2D eigenvalue weighted by Crippen LogP contribution is 2.68. The Morgan fingerprint density at radius 2 is 0.435 bits per heavy atom. The Bertz CT molecular complexity index is 5890. The monoisotopic (exact) mass is 1400 g/mol. The second-order valence-electron chi connectivity index (χ2n) is 31.8. The van der Waals surface area contributed by atoms with Crippen LogP contribution in [-0.4, -0.2) is 86.8 Å². The van der Waals surface area contributed by atoms with Gasteiger partial charge in [-0.15, -0.1) is 0 Å². The lowest BCUT2D eigenvalue weighted by molar-refractivity contribution is 0.0627. The minimum Gasteiger partial charge on any atom is -0.355 e. The predicted octanol–water partition coefficient (Wildman–Crippen LogP) is 15.9. The maximum atomic E-state index is 14.6. The number of carbonyl (C=O) groups is 8. The number of aromatic amines is 2. The van der Waals surface area contributed by atoms with Gasteiger partial charge in [0.25, 0.3) is 47.3 Å². The largest absolute Gasteiger partial charge is 0.355 e. The fraction of sp³-hybridized carbons (Fsp3) is 0.174. The SMILES string of the molecule is O=C1c2cc3c(cc2C(=O)N1Cc1ccccc1)[C@@H]1C[C@H]3c2c1c1cc3nc(cc4[nH]c(cc5nc(cc2[nH]1)C1=C5[C@@H]2C[C@H]1c1cc5c(cc12)C(=O)N(Cc1ccccc1)C5=O)c1c4[C@@H]2C[C@H]1c1cc4c(cc12)C(=O)N(Cc1ccccc1)C4=O)C1=C3[C@@H]2C[C@H]1c1cc3c(cc12)C(=O)N(Cc1ccccc1)C3=O. The maximum absolute atomic E-state index is 14.6. The van der Waals surface area contributed by atoms with Crippen LogP contribution in [0.25, 0.3) is 44.4 Å². The van der Waals surface area contributed by atoms with Crippen LogP contribution in [0.15, 0.2) is 194 Å². The van der Waals surface area contributed by atoms with Crippen LogP contribution in [0.5, 0.6) is 0 Å². The second kappa shape index (κ2) is 20.5. The molecule has 0 spiro atoms. The number of carbonyl (C=O) groups excluding carboxylic acids is 8. The van der Waals surface area contributed by atoms with Gasteiger partial charge in [-0.25, -0.2) is 9.97 Å².